The Bertz CT molecular complexity index is 619. The molecule has 1 saturated carbocycles. The molecule has 2 fully saturated rings. The fourth-order valence-electron chi connectivity index (χ4n) is 3.45. The summed E-state index contributed by atoms with van der Waals surface area (Å²) in [5.41, 5.74) is 0.883. The van der Waals surface area contributed by atoms with Crippen molar-refractivity contribution in [2.24, 2.45) is 11.8 Å². The van der Waals surface area contributed by atoms with E-state index in [1.165, 1.54) is 0 Å². The van der Waals surface area contributed by atoms with Crippen LogP contribution in [0.4, 0.5) is 0 Å². The monoisotopic (exact) mass is 347 g/mol. The number of carbonyl (C=O) groups is 3. The molecule has 1 aromatic rings. The van der Waals surface area contributed by atoms with E-state index in [1.54, 1.807) is 11.8 Å². The van der Waals surface area contributed by atoms with Gasteiger partial charge in [0.2, 0.25) is 11.8 Å². The molecule has 1 saturated heterocycles. The molecule has 128 valence electrons. The highest BCUT2D eigenvalue weighted by Crippen LogP contribution is 2.37. The van der Waals surface area contributed by atoms with E-state index in [-0.39, 0.29) is 36.8 Å². The van der Waals surface area contributed by atoms with Gasteiger partial charge in [0.15, 0.2) is 0 Å². The third kappa shape index (κ3) is 3.48. The van der Waals surface area contributed by atoms with Crippen LogP contribution in [0.15, 0.2) is 29.2 Å². The van der Waals surface area contributed by atoms with Crippen molar-refractivity contribution < 1.29 is 19.1 Å². The molecule has 6 heteroatoms. The van der Waals surface area contributed by atoms with Crippen molar-refractivity contribution in [3.05, 3.63) is 29.8 Å². The van der Waals surface area contributed by atoms with Gasteiger partial charge in [0, 0.05) is 4.90 Å². The van der Waals surface area contributed by atoms with Crippen LogP contribution in [0.25, 0.3) is 0 Å². The van der Waals surface area contributed by atoms with Crippen LogP contribution >= 0.6 is 11.8 Å². The molecule has 24 heavy (non-hydrogen) atoms. The molecule has 2 atom stereocenters. The van der Waals surface area contributed by atoms with Gasteiger partial charge in [0.25, 0.3) is 0 Å². The van der Waals surface area contributed by atoms with Gasteiger partial charge in [-0.1, -0.05) is 25.0 Å². The molecular formula is C18H21NO4S. The van der Waals surface area contributed by atoms with Gasteiger partial charge >= 0.3 is 5.97 Å². The molecule has 0 unspecified atom stereocenters. The smallest absolute Gasteiger partial charge is 0.326 e. The summed E-state index contributed by atoms with van der Waals surface area (Å²) in [7, 11) is 0. The van der Waals surface area contributed by atoms with E-state index in [2.05, 4.69) is 0 Å². The Labute approximate surface area is 145 Å². The van der Waals surface area contributed by atoms with E-state index in [0.29, 0.717) is 0 Å². The highest BCUT2D eigenvalue weighted by atomic mass is 32.2. The van der Waals surface area contributed by atoms with E-state index in [9.17, 15) is 14.4 Å². The van der Waals surface area contributed by atoms with Crippen molar-refractivity contribution in [2.75, 3.05) is 12.8 Å². The maximum absolute atomic E-state index is 12.3. The number of rotatable bonds is 5. The number of hydrogen-bond acceptors (Lipinski definition) is 5. The first-order chi connectivity index (χ1) is 11.6. The summed E-state index contributed by atoms with van der Waals surface area (Å²) in [6.45, 7) is -0.121. The highest BCUT2D eigenvalue weighted by Gasteiger charge is 2.48. The minimum absolute atomic E-state index is 0.149. The van der Waals surface area contributed by atoms with Crippen molar-refractivity contribution in [3.63, 3.8) is 0 Å². The fraction of sp³-hybridized carbons (Fsp3) is 0.500. The minimum Gasteiger partial charge on any atom is -0.459 e. The number of benzene rings is 1. The quantitative estimate of drug-likeness (QED) is 0.465. The molecule has 0 aromatic heterocycles. The summed E-state index contributed by atoms with van der Waals surface area (Å²) in [5.74, 6) is -1.39. The third-order valence-electron chi connectivity index (χ3n) is 4.78. The Morgan fingerprint density at radius 2 is 1.71 bits per heavy atom. The van der Waals surface area contributed by atoms with Gasteiger partial charge in [-0.15, -0.1) is 11.8 Å². The number of fused-ring (bicyclic) bond motifs is 1. The molecule has 0 radical (unpaired) electrons. The molecule has 0 N–H and O–H groups in total. The molecule has 1 heterocycles. The van der Waals surface area contributed by atoms with Gasteiger partial charge in [-0.2, -0.15) is 0 Å². The molecular weight excluding hydrogens is 326 g/mol. The van der Waals surface area contributed by atoms with Gasteiger partial charge in [-0.25, -0.2) is 0 Å². The largest absolute Gasteiger partial charge is 0.459 e. The number of thioether (sulfide) groups is 1. The lowest BCUT2D eigenvalue weighted by atomic mass is 9.81. The predicted octanol–water partition coefficient (Wildman–Crippen LogP) is 2.63. The van der Waals surface area contributed by atoms with Crippen molar-refractivity contribution in [2.45, 2.75) is 37.2 Å². The van der Waals surface area contributed by atoms with Crippen LogP contribution in [0.1, 0.15) is 31.2 Å². The maximum atomic E-state index is 12.3. The van der Waals surface area contributed by atoms with Gasteiger partial charge < -0.3 is 4.74 Å². The van der Waals surface area contributed by atoms with Crippen LogP contribution in [0.3, 0.4) is 0 Å². The zero-order valence-corrected chi connectivity index (χ0v) is 14.5. The lowest BCUT2D eigenvalue weighted by molar-refractivity contribution is -0.153. The molecule has 2 aliphatic rings. The predicted molar refractivity (Wildman–Crippen MR) is 90.2 cm³/mol. The molecule has 3 rings (SSSR count). The van der Waals surface area contributed by atoms with Crippen molar-refractivity contribution in [1.82, 2.24) is 4.90 Å². The first-order valence-corrected chi connectivity index (χ1v) is 9.46. The molecule has 0 spiro atoms. The molecule has 1 aliphatic carbocycles. The Balaban J connectivity index is 1.54. The standard InChI is InChI=1S/C18H21NO4S/c1-24-13-8-6-12(7-9-13)11-23-16(20)10-19-17(21)14-4-2-3-5-15(14)18(19)22/h6-9,14-15H,2-5,10-11H2,1H3/t14-,15-/m1/s1. The van der Waals surface area contributed by atoms with Gasteiger partial charge in [0.05, 0.1) is 11.8 Å². The average Bonchev–Trinajstić information content (AvgIpc) is 2.86. The normalized spacial score (nSPS) is 23.3. The van der Waals surface area contributed by atoms with Crippen molar-refractivity contribution >= 4 is 29.5 Å². The maximum Gasteiger partial charge on any atom is 0.326 e. The Morgan fingerprint density at radius 1 is 1.12 bits per heavy atom. The second-order valence-corrected chi connectivity index (χ2v) is 7.15. The van der Waals surface area contributed by atoms with Crippen LogP contribution < -0.4 is 0 Å². The summed E-state index contributed by atoms with van der Waals surface area (Å²) in [5, 5.41) is 0. The third-order valence-corrected chi connectivity index (χ3v) is 5.52. The van der Waals surface area contributed by atoms with E-state index in [4.69, 9.17) is 4.74 Å². The summed E-state index contributed by atoms with van der Waals surface area (Å²) >= 11 is 1.64. The minimum atomic E-state index is -0.538. The average molecular weight is 347 g/mol. The number of likely N-dealkylation sites (tertiary alicyclic amines) is 1. The molecule has 2 amide bonds. The van der Waals surface area contributed by atoms with E-state index in [0.717, 1.165) is 41.0 Å². The molecule has 1 aromatic carbocycles. The second kappa shape index (κ2) is 7.38. The number of esters is 1. The Hall–Kier alpha value is -1.82. The molecule has 5 nitrogen and oxygen atoms in total. The molecule has 1 aliphatic heterocycles. The first-order valence-electron chi connectivity index (χ1n) is 8.24. The zero-order valence-electron chi connectivity index (χ0n) is 13.7. The Kier molecular flexibility index (Phi) is 5.23. The second-order valence-electron chi connectivity index (χ2n) is 6.27. The van der Waals surface area contributed by atoms with Crippen molar-refractivity contribution in [3.8, 4) is 0 Å². The van der Waals surface area contributed by atoms with E-state index in [1.807, 2.05) is 30.5 Å². The number of imide groups is 1. The lowest BCUT2D eigenvalue weighted by Gasteiger charge is -2.19. The van der Waals surface area contributed by atoms with E-state index < -0.39 is 5.97 Å². The van der Waals surface area contributed by atoms with Crippen LogP contribution in [-0.4, -0.2) is 35.5 Å². The van der Waals surface area contributed by atoms with E-state index >= 15 is 0 Å². The number of ether oxygens (including phenoxy) is 1. The number of amides is 2. The Morgan fingerprint density at radius 3 is 2.25 bits per heavy atom. The topological polar surface area (TPSA) is 63.7 Å². The number of carbonyl (C=O) groups excluding carboxylic acids is 3. The molecule has 0 bridgehead atoms. The van der Waals surface area contributed by atoms with Crippen LogP contribution in [-0.2, 0) is 25.7 Å². The van der Waals surface area contributed by atoms with Crippen LogP contribution in [0.2, 0.25) is 0 Å². The zero-order chi connectivity index (χ0) is 17.1. The van der Waals surface area contributed by atoms with Crippen molar-refractivity contribution in [1.29, 1.82) is 0 Å². The SMILES string of the molecule is CSc1ccc(COC(=O)CN2C(=O)[C@@H]3CCCC[C@H]3C2=O)cc1. The summed E-state index contributed by atoms with van der Waals surface area (Å²) in [6, 6.07) is 7.73. The highest BCUT2D eigenvalue weighted by molar-refractivity contribution is 7.98. The van der Waals surface area contributed by atoms with Gasteiger partial charge in [-0.05, 0) is 36.8 Å². The number of nitrogens with zero attached hydrogens (tertiary/aromatic N) is 1. The number of hydrogen-bond donors (Lipinski definition) is 0. The summed E-state index contributed by atoms with van der Waals surface area (Å²) < 4.78 is 5.22. The van der Waals surface area contributed by atoms with Gasteiger partial charge in [0.1, 0.15) is 13.2 Å². The lowest BCUT2D eigenvalue weighted by Crippen LogP contribution is -2.36. The van der Waals surface area contributed by atoms with Crippen LogP contribution in [0, 0.1) is 11.8 Å². The summed E-state index contributed by atoms with van der Waals surface area (Å²) in [6.07, 6.45) is 5.46. The van der Waals surface area contributed by atoms with Gasteiger partial charge in [-0.3, -0.25) is 19.3 Å². The first kappa shape index (κ1) is 17.0. The fourth-order valence-corrected chi connectivity index (χ4v) is 3.86. The van der Waals surface area contributed by atoms with Crippen LogP contribution in [0.5, 0.6) is 0 Å². The summed E-state index contributed by atoms with van der Waals surface area (Å²) in [4.78, 5) is 38.9.